The van der Waals surface area contributed by atoms with Crippen LogP contribution in [-0.2, 0) is 6.42 Å². The van der Waals surface area contributed by atoms with Crippen molar-refractivity contribution in [1.82, 2.24) is 0 Å². The predicted octanol–water partition coefficient (Wildman–Crippen LogP) is 1.79. The van der Waals surface area contributed by atoms with Crippen molar-refractivity contribution in [2.75, 3.05) is 0 Å². The molecule has 0 radical (unpaired) electrons. The first-order valence-electron chi connectivity index (χ1n) is 4.07. The van der Waals surface area contributed by atoms with Gasteiger partial charge in [-0.15, -0.1) is 4.95 Å². The molecule has 0 saturated carbocycles. The molecule has 66 valence electrons. The molecule has 1 aromatic carbocycles. The van der Waals surface area contributed by atoms with Gasteiger partial charge in [-0.25, -0.2) is 0 Å². The molecule has 0 heterocycles. The summed E-state index contributed by atoms with van der Waals surface area (Å²) in [4.78, 5) is 2.87. The van der Waals surface area contributed by atoms with Crippen molar-refractivity contribution in [2.45, 2.75) is 13.3 Å². The number of nitrogens with zero attached hydrogens (tertiary/aromatic N) is 2. The first-order chi connectivity index (χ1) is 6.27. The molecule has 0 fully saturated rings. The quantitative estimate of drug-likeness (QED) is 0.315. The van der Waals surface area contributed by atoms with Crippen LogP contribution in [0.5, 0.6) is 0 Å². The Balaban J connectivity index is 2.94. The van der Waals surface area contributed by atoms with Crippen LogP contribution in [0.1, 0.15) is 18.1 Å². The first kappa shape index (κ1) is 9.27. The zero-order chi connectivity index (χ0) is 9.68. The SMILES string of the molecule is [C-]#[N+]N=C(N)c1ccc(CC)cc1. The molecule has 3 nitrogen and oxygen atoms in total. The summed E-state index contributed by atoms with van der Waals surface area (Å²) in [5, 5.41) is 3.44. The third-order valence-electron chi connectivity index (χ3n) is 1.82. The fourth-order valence-corrected chi connectivity index (χ4v) is 1.02. The molecule has 1 aromatic rings. The van der Waals surface area contributed by atoms with E-state index in [4.69, 9.17) is 12.3 Å². The lowest BCUT2D eigenvalue weighted by molar-refractivity contribution is 1.14. The topological polar surface area (TPSA) is 42.7 Å². The number of benzene rings is 1. The van der Waals surface area contributed by atoms with Crippen molar-refractivity contribution in [3.05, 3.63) is 46.9 Å². The largest absolute Gasteiger partial charge is 0.377 e. The predicted molar refractivity (Wildman–Crippen MR) is 53.1 cm³/mol. The van der Waals surface area contributed by atoms with E-state index in [0.29, 0.717) is 0 Å². The molecule has 0 spiro atoms. The monoisotopic (exact) mass is 173 g/mol. The van der Waals surface area contributed by atoms with Crippen LogP contribution in [0.3, 0.4) is 0 Å². The summed E-state index contributed by atoms with van der Waals surface area (Å²) in [6, 6.07) is 7.73. The summed E-state index contributed by atoms with van der Waals surface area (Å²) in [5.41, 5.74) is 7.58. The Bertz CT molecular complexity index is 343. The third-order valence-corrected chi connectivity index (χ3v) is 1.82. The summed E-state index contributed by atoms with van der Waals surface area (Å²) < 4.78 is 0. The van der Waals surface area contributed by atoms with Gasteiger partial charge in [-0.05, 0) is 12.0 Å². The van der Waals surface area contributed by atoms with Gasteiger partial charge in [0.05, 0.1) is 0 Å². The van der Waals surface area contributed by atoms with Gasteiger partial charge in [-0.1, -0.05) is 31.2 Å². The van der Waals surface area contributed by atoms with Crippen LogP contribution in [0.4, 0.5) is 0 Å². The summed E-state index contributed by atoms with van der Waals surface area (Å²) in [6.07, 6.45) is 1.00. The van der Waals surface area contributed by atoms with Gasteiger partial charge < -0.3 is 5.73 Å². The van der Waals surface area contributed by atoms with E-state index in [9.17, 15) is 0 Å². The van der Waals surface area contributed by atoms with E-state index in [1.807, 2.05) is 24.3 Å². The second-order valence-electron chi connectivity index (χ2n) is 2.64. The zero-order valence-electron chi connectivity index (χ0n) is 7.49. The summed E-state index contributed by atoms with van der Waals surface area (Å²) >= 11 is 0. The molecule has 0 atom stereocenters. The molecule has 0 aliphatic rings. The van der Waals surface area contributed by atoms with E-state index in [1.54, 1.807) is 0 Å². The molecule has 2 N–H and O–H groups in total. The van der Waals surface area contributed by atoms with E-state index >= 15 is 0 Å². The number of amidine groups is 1. The number of hydrogen-bond acceptors (Lipinski definition) is 1. The van der Waals surface area contributed by atoms with Crippen LogP contribution in [0.25, 0.3) is 4.95 Å². The standard InChI is InChI=1S/C10H11N3/c1-3-8-4-6-9(7-5-8)10(11)13-12-2/h4-7H,3H2,1H3,(H2,11,13). The van der Waals surface area contributed by atoms with Gasteiger partial charge in [0.15, 0.2) is 0 Å². The summed E-state index contributed by atoms with van der Waals surface area (Å²) in [6.45, 7) is 8.61. The highest BCUT2D eigenvalue weighted by Crippen LogP contribution is 2.04. The molecule has 13 heavy (non-hydrogen) atoms. The maximum atomic E-state index is 6.52. The summed E-state index contributed by atoms with van der Waals surface area (Å²) in [7, 11) is 0. The Morgan fingerprint density at radius 1 is 1.46 bits per heavy atom. The Morgan fingerprint density at radius 2 is 2.08 bits per heavy atom. The second kappa shape index (κ2) is 4.27. The van der Waals surface area contributed by atoms with Crippen LogP contribution < -0.4 is 5.73 Å². The lowest BCUT2D eigenvalue weighted by Crippen LogP contribution is -2.12. The number of nitrogens with two attached hydrogens (primary N) is 1. The molecule has 1 rings (SSSR count). The molecule has 0 aliphatic heterocycles. The Labute approximate surface area is 77.7 Å². The van der Waals surface area contributed by atoms with Gasteiger partial charge in [-0.3, -0.25) is 0 Å². The Kier molecular flexibility index (Phi) is 3.04. The average molecular weight is 173 g/mol. The molecule has 0 saturated heterocycles. The smallest absolute Gasteiger partial charge is 0.214 e. The van der Waals surface area contributed by atoms with Crippen molar-refractivity contribution in [1.29, 1.82) is 0 Å². The molecule has 0 amide bonds. The van der Waals surface area contributed by atoms with E-state index in [1.165, 1.54) is 5.56 Å². The van der Waals surface area contributed by atoms with Crippen LogP contribution >= 0.6 is 0 Å². The molecule has 0 bridgehead atoms. The van der Waals surface area contributed by atoms with Gasteiger partial charge in [0.25, 0.3) is 0 Å². The van der Waals surface area contributed by atoms with Gasteiger partial charge in [0.1, 0.15) is 5.10 Å². The zero-order valence-corrected chi connectivity index (χ0v) is 7.49. The van der Waals surface area contributed by atoms with Crippen LogP contribution in [0.2, 0.25) is 0 Å². The molecular weight excluding hydrogens is 162 g/mol. The minimum atomic E-state index is 0.276. The summed E-state index contributed by atoms with van der Waals surface area (Å²) in [5.74, 6) is 0.276. The van der Waals surface area contributed by atoms with Gasteiger partial charge in [0, 0.05) is 5.56 Å². The first-order valence-corrected chi connectivity index (χ1v) is 4.07. The van der Waals surface area contributed by atoms with Gasteiger partial charge in [0.2, 0.25) is 5.84 Å². The van der Waals surface area contributed by atoms with E-state index in [2.05, 4.69) is 17.0 Å². The van der Waals surface area contributed by atoms with E-state index < -0.39 is 0 Å². The van der Waals surface area contributed by atoms with Gasteiger partial charge >= 0.3 is 0 Å². The molecule has 0 aromatic heterocycles. The van der Waals surface area contributed by atoms with Crippen molar-refractivity contribution in [3.8, 4) is 0 Å². The number of aryl methyl sites for hydroxylation is 1. The second-order valence-corrected chi connectivity index (χ2v) is 2.64. The highest BCUT2D eigenvalue weighted by molar-refractivity contribution is 5.97. The normalized spacial score (nSPS) is 10.9. The van der Waals surface area contributed by atoms with Crippen molar-refractivity contribution < 1.29 is 0 Å². The lowest BCUT2D eigenvalue weighted by atomic mass is 10.1. The van der Waals surface area contributed by atoms with Crippen LogP contribution in [-0.4, -0.2) is 5.84 Å². The van der Waals surface area contributed by atoms with Gasteiger partial charge in [-0.2, -0.15) is 6.57 Å². The maximum Gasteiger partial charge on any atom is 0.214 e. The number of hydrogen-bond donors (Lipinski definition) is 1. The molecule has 0 unspecified atom stereocenters. The van der Waals surface area contributed by atoms with E-state index in [-0.39, 0.29) is 5.84 Å². The molecular formula is C10H11N3. The average Bonchev–Trinajstić information content (AvgIpc) is 2.18. The fourth-order valence-electron chi connectivity index (χ4n) is 1.02. The lowest BCUT2D eigenvalue weighted by Gasteiger charge is -1.98. The van der Waals surface area contributed by atoms with Crippen LogP contribution in [0, 0.1) is 6.57 Å². The fraction of sp³-hybridized carbons (Fsp3) is 0.200. The van der Waals surface area contributed by atoms with Crippen molar-refractivity contribution in [3.63, 3.8) is 0 Å². The Hall–Kier alpha value is -1.82. The minimum Gasteiger partial charge on any atom is -0.377 e. The van der Waals surface area contributed by atoms with Crippen molar-refractivity contribution >= 4 is 5.84 Å². The molecule has 3 heteroatoms. The van der Waals surface area contributed by atoms with E-state index in [0.717, 1.165) is 12.0 Å². The molecule has 0 aliphatic carbocycles. The maximum absolute atomic E-state index is 6.52. The Morgan fingerprint density at radius 3 is 2.54 bits per heavy atom. The number of rotatable bonds is 2. The highest BCUT2D eigenvalue weighted by atomic mass is 15.2. The minimum absolute atomic E-state index is 0.276. The van der Waals surface area contributed by atoms with Crippen molar-refractivity contribution in [2.24, 2.45) is 10.8 Å². The van der Waals surface area contributed by atoms with Crippen LogP contribution in [0.15, 0.2) is 29.4 Å². The third kappa shape index (κ3) is 2.31. The highest BCUT2D eigenvalue weighted by Gasteiger charge is 1.99.